The van der Waals surface area contributed by atoms with Crippen molar-refractivity contribution in [3.05, 3.63) is 35.2 Å². The Balaban J connectivity index is 1.38. The zero-order valence-electron chi connectivity index (χ0n) is 18.4. The average molecular weight is 453 g/mol. The number of aromatic nitrogens is 5. The van der Waals surface area contributed by atoms with Crippen molar-refractivity contribution < 1.29 is 9.53 Å². The van der Waals surface area contributed by atoms with Crippen LogP contribution in [0.15, 0.2) is 24.5 Å². The molecular formula is C21H24N8O2S. The first-order valence-electron chi connectivity index (χ1n) is 10.3. The molecule has 32 heavy (non-hydrogen) atoms. The summed E-state index contributed by atoms with van der Waals surface area (Å²) in [7, 11) is 5.74. The molecule has 1 saturated heterocycles. The Bertz CT molecular complexity index is 1310. The van der Waals surface area contributed by atoms with E-state index in [1.165, 1.54) is 18.4 Å². The average Bonchev–Trinajstić information content (AvgIpc) is 3.49. The van der Waals surface area contributed by atoms with E-state index >= 15 is 0 Å². The topological polar surface area (TPSA) is 101 Å². The predicted molar refractivity (Wildman–Crippen MR) is 124 cm³/mol. The number of imidazole rings is 1. The molecule has 11 heteroatoms. The molecule has 0 aliphatic carbocycles. The van der Waals surface area contributed by atoms with Crippen LogP contribution >= 0.6 is 11.3 Å². The van der Waals surface area contributed by atoms with E-state index in [0.29, 0.717) is 33.9 Å². The summed E-state index contributed by atoms with van der Waals surface area (Å²) in [5, 5.41) is 3.14. The van der Waals surface area contributed by atoms with Gasteiger partial charge in [0.1, 0.15) is 16.2 Å². The maximum atomic E-state index is 12.9. The number of hydrogen-bond donors (Lipinski definition) is 1. The molecule has 1 aliphatic rings. The largest absolute Gasteiger partial charge is 0.478 e. The van der Waals surface area contributed by atoms with Crippen LogP contribution in [0.4, 0.5) is 11.6 Å². The van der Waals surface area contributed by atoms with Gasteiger partial charge in [-0.1, -0.05) is 11.3 Å². The molecule has 0 aromatic carbocycles. The molecule has 5 rings (SSSR count). The Morgan fingerprint density at radius 1 is 1.22 bits per heavy atom. The molecule has 1 N–H and O–H groups in total. The summed E-state index contributed by atoms with van der Waals surface area (Å²) in [5.41, 5.74) is 2.13. The van der Waals surface area contributed by atoms with Gasteiger partial charge in [-0.05, 0) is 39.6 Å². The summed E-state index contributed by atoms with van der Waals surface area (Å²) in [5.74, 6) is 1.28. The van der Waals surface area contributed by atoms with Crippen LogP contribution in [0.25, 0.3) is 16.0 Å². The second kappa shape index (κ2) is 7.99. The zero-order chi connectivity index (χ0) is 22.4. The molecule has 0 bridgehead atoms. The van der Waals surface area contributed by atoms with Crippen LogP contribution in [0.2, 0.25) is 0 Å². The van der Waals surface area contributed by atoms with E-state index in [1.807, 2.05) is 25.3 Å². The van der Waals surface area contributed by atoms with Crippen molar-refractivity contribution >= 4 is 44.9 Å². The summed E-state index contributed by atoms with van der Waals surface area (Å²) in [6.45, 7) is 3.80. The fraction of sp³-hybridized carbons (Fsp3) is 0.381. The van der Waals surface area contributed by atoms with Crippen molar-refractivity contribution in [3.8, 4) is 5.88 Å². The highest BCUT2D eigenvalue weighted by Gasteiger charge is 2.25. The quantitative estimate of drug-likeness (QED) is 0.493. The standard InChI is InChI=1S/C21H24N8O2S/c1-12-9-29-11-15(25-19(31-4)17(29)22-12)24-18(30)21-23-14-5-6-16(26-20(14)32-21)28-8-7-13(10-28)27(2)3/h5-6,9,11,13H,7-8,10H2,1-4H3,(H,24,30)/t13-/m1/s1. The highest BCUT2D eigenvalue weighted by atomic mass is 32.1. The summed E-state index contributed by atoms with van der Waals surface area (Å²) < 4.78 is 7.10. The molecule has 166 valence electrons. The predicted octanol–water partition coefficient (Wildman–Crippen LogP) is 2.44. The zero-order valence-corrected chi connectivity index (χ0v) is 19.2. The van der Waals surface area contributed by atoms with Crippen molar-refractivity contribution in [3.63, 3.8) is 0 Å². The number of methoxy groups -OCH3 is 1. The third kappa shape index (κ3) is 3.73. The normalized spacial score (nSPS) is 16.4. The molecule has 0 spiro atoms. The van der Waals surface area contributed by atoms with Crippen LogP contribution in [-0.2, 0) is 0 Å². The monoisotopic (exact) mass is 452 g/mol. The fourth-order valence-electron chi connectivity index (χ4n) is 3.91. The van der Waals surface area contributed by atoms with Crippen molar-refractivity contribution in [2.45, 2.75) is 19.4 Å². The maximum Gasteiger partial charge on any atom is 0.285 e. The lowest BCUT2D eigenvalue weighted by atomic mass is 10.2. The van der Waals surface area contributed by atoms with Gasteiger partial charge in [0.15, 0.2) is 10.8 Å². The number of fused-ring (bicyclic) bond motifs is 2. The first kappa shape index (κ1) is 20.6. The minimum Gasteiger partial charge on any atom is -0.478 e. The number of nitrogens with one attached hydrogen (secondary N) is 1. The molecule has 1 amide bonds. The van der Waals surface area contributed by atoms with Gasteiger partial charge in [0.2, 0.25) is 5.65 Å². The summed E-state index contributed by atoms with van der Waals surface area (Å²) in [6, 6.07) is 4.43. The minimum absolute atomic E-state index is 0.333. The Labute approximate surface area is 188 Å². The van der Waals surface area contributed by atoms with Gasteiger partial charge in [-0.2, -0.15) is 4.98 Å². The van der Waals surface area contributed by atoms with E-state index in [-0.39, 0.29) is 5.91 Å². The second-order valence-electron chi connectivity index (χ2n) is 8.07. The van der Waals surface area contributed by atoms with Gasteiger partial charge >= 0.3 is 0 Å². The Morgan fingerprint density at radius 2 is 2.06 bits per heavy atom. The number of ether oxygens (including phenoxy) is 1. The molecule has 0 unspecified atom stereocenters. The van der Waals surface area contributed by atoms with Crippen LogP contribution in [0.1, 0.15) is 21.9 Å². The number of thiazole rings is 1. The van der Waals surface area contributed by atoms with E-state index in [1.54, 1.807) is 10.6 Å². The van der Waals surface area contributed by atoms with Crippen LogP contribution < -0.4 is 15.0 Å². The lowest BCUT2D eigenvalue weighted by Gasteiger charge is -2.20. The summed E-state index contributed by atoms with van der Waals surface area (Å²) >= 11 is 1.27. The van der Waals surface area contributed by atoms with Gasteiger partial charge < -0.3 is 19.9 Å². The summed E-state index contributed by atoms with van der Waals surface area (Å²) in [6.07, 6.45) is 4.66. The number of pyridine rings is 1. The fourth-order valence-corrected chi connectivity index (χ4v) is 4.74. The van der Waals surface area contributed by atoms with Gasteiger partial charge in [0, 0.05) is 25.3 Å². The van der Waals surface area contributed by atoms with Gasteiger partial charge in [-0.25, -0.2) is 15.0 Å². The molecule has 0 radical (unpaired) electrons. The Hall–Kier alpha value is -3.31. The molecule has 5 heterocycles. The van der Waals surface area contributed by atoms with Crippen molar-refractivity contribution in [2.24, 2.45) is 0 Å². The summed E-state index contributed by atoms with van der Waals surface area (Å²) in [4.78, 5) is 36.1. The Morgan fingerprint density at radius 3 is 2.81 bits per heavy atom. The number of carbonyl (C=O) groups excluding carboxylic acids is 1. The molecule has 1 fully saturated rings. The molecule has 0 saturated carbocycles. The highest BCUT2D eigenvalue weighted by molar-refractivity contribution is 7.20. The molecular weight excluding hydrogens is 428 g/mol. The number of likely N-dealkylation sites (N-methyl/N-ethyl adjacent to an activating group) is 1. The van der Waals surface area contributed by atoms with E-state index in [4.69, 9.17) is 9.72 Å². The number of hydrogen-bond acceptors (Lipinski definition) is 9. The first-order chi connectivity index (χ1) is 15.4. The number of rotatable bonds is 5. The van der Waals surface area contributed by atoms with Crippen LogP contribution in [0, 0.1) is 6.92 Å². The molecule has 10 nitrogen and oxygen atoms in total. The lowest BCUT2D eigenvalue weighted by molar-refractivity contribution is 0.102. The van der Waals surface area contributed by atoms with Gasteiger partial charge in [0.25, 0.3) is 11.8 Å². The van der Waals surface area contributed by atoms with Gasteiger partial charge in [-0.3, -0.25) is 9.20 Å². The van der Waals surface area contributed by atoms with Crippen molar-refractivity contribution in [2.75, 3.05) is 44.5 Å². The number of nitrogens with zero attached hydrogens (tertiary/aromatic N) is 7. The van der Waals surface area contributed by atoms with E-state index in [9.17, 15) is 4.79 Å². The molecule has 1 atom stereocenters. The van der Waals surface area contributed by atoms with Crippen LogP contribution in [0.5, 0.6) is 5.88 Å². The van der Waals surface area contributed by atoms with Crippen LogP contribution in [0.3, 0.4) is 0 Å². The third-order valence-corrected chi connectivity index (χ3v) is 6.58. The number of aryl methyl sites for hydroxylation is 1. The SMILES string of the molecule is COc1nc(NC(=O)c2nc3ccc(N4CC[C@@H](N(C)C)C4)nc3s2)cn2cc(C)nc12. The number of amides is 1. The minimum atomic E-state index is -0.339. The van der Waals surface area contributed by atoms with Crippen molar-refractivity contribution in [1.82, 2.24) is 29.2 Å². The molecule has 4 aromatic rings. The van der Waals surface area contributed by atoms with E-state index in [2.05, 4.69) is 44.2 Å². The molecule has 1 aliphatic heterocycles. The second-order valence-corrected chi connectivity index (χ2v) is 9.05. The smallest absolute Gasteiger partial charge is 0.285 e. The highest BCUT2D eigenvalue weighted by Crippen LogP contribution is 2.27. The number of carbonyl (C=O) groups is 1. The van der Waals surface area contributed by atoms with Gasteiger partial charge in [-0.15, -0.1) is 0 Å². The molecule has 4 aromatic heterocycles. The third-order valence-electron chi connectivity index (χ3n) is 5.62. The Kier molecular flexibility index (Phi) is 5.14. The van der Waals surface area contributed by atoms with Crippen LogP contribution in [-0.4, -0.2) is 75.5 Å². The van der Waals surface area contributed by atoms with E-state index in [0.717, 1.165) is 35.9 Å². The van der Waals surface area contributed by atoms with Crippen molar-refractivity contribution in [1.29, 1.82) is 0 Å². The lowest BCUT2D eigenvalue weighted by Crippen LogP contribution is -2.31. The van der Waals surface area contributed by atoms with E-state index < -0.39 is 0 Å². The number of anilines is 2. The first-order valence-corrected chi connectivity index (χ1v) is 11.1. The van der Waals surface area contributed by atoms with Gasteiger partial charge in [0.05, 0.1) is 19.0 Å². The maximum absolute atomic E-state index is 12.9.